The smallest absolute Gasteiger partial charge is 0.258 e. The highest BCUT2D eigenvalue weighted by Gasteiger charge is 2.55. The molecule has 2 bridgehead atoms. The lowest BCUT2D eigenvalue weighted by Crippen LogP contribution is -2.70. The number of carbonyl (C=O) groups excluding carboxylic acids is 2. The molecule has 1 unspecified atom stereocenters. The van der Waals surface area contributed by atoms with E-state index in [4.69, 9.17) is 9.47 Å². The summed E-state index contributed by atoms with van der Waals surface area (Å²) in [6, 6.07) is 5.89. The number of aliphatic hydroxyl groups excluding tert-OH is 1. The summed E-state index contributed by atoms with van der Waals surface area (Å²) in [6.45, 7) is -0.852. The van der Waals surface area contributed by atoms with E-state index in [2.05, 4.69) is 10.6 Å². The summed E-state index contributed by atoms with van der Waals surface area (Å²) < 4.78 is 63.0. The molecule has 2 amide bonds. The van der Waals surface area contributed by atoms with E-state index in [1.165, 1.54) is 12.1 Å². The van der Waals surface area contributed by atoms with Crippen LogP contribution in [0.2, 0.25) is 0 Å². The Balaban J connectivity index is 1.28. The standard InChI is InChI=1S/C24H24F4N2O5/c25-16-3-1-14(9-18(16)27)34-12-21(32)29-23-5-7-24(8-6-23,20(31)11-23)30-22(33)13-35-15-2-4-17(26)19(28)10-15/h1-4,9-10,20,31H,5-8,11-13H2,(H,29,32)(H,30,33). The monoisotopic (exact) mass is 496 g/mol. The van der Waals surface area contributed by atoms with Crippen molar-refractivity contribution in [1.82, 2.24) is 10.6 Å². The zero-order valence-corrected chi connectivity index (χ0v) is 18.6. The van der Waals surface area contributed by atoms with Gasteiger partial charge >= 0.3 is 0 Å². The Morgan fingerprint density at radius 3 is 1.74 bits per heavy atom. The molecule has 35 heavy (non-hydrogen) atoms. The van der Waals surface area contributed by atoms with Crippen molar-refractivity contribution in [1.29, 1.82) is 0 Å². The molecular weight excluding hydrogens is 472 g/mol. The van der Waals surface area contributed by atoms with Gasteiger partial charge in [0.15, 0.2) is 36.5 Å². The van der Waals surface area contributed by atoms with Gasteiger partial charge in [0.05, 0.1) is 11.6 Å². The van der Waals surface area contributed by atoms with Crippen LogP contribution in [-0.2, 0) is 9.59 Å². The van der Waals surface area contributed by atoms with Crippen molar-refractivity contribution < 1.29 is 41.7 Å². The van der Waals surface area contributed by atoms with E-state index < -0.39 is 65.5 Å². The molecule has 0 saturated heterocycles. The molecule has 3 N–H and O–H groups in total. The lowest BCUT2D eigenvalue weighted by Gasteiger charge is -2.56. The van der Waals surface area contributed by atoms with Crippen molar-refractivity contribution in [2.24, 2.45) is 0 Å². The van der Waals surface area contributed by atoms with E-state index >= 15 is 0 Å². The first kappa shape index (κ1) is 24.8. The Kier molecular flexibility index (Phi) is 6.88. The van der Waals surface area contributed by atoms with Crippen LogP contribution in [0.25, 0.3) is 0 Å². The van der Waals surface area contributed by atoms with Crippen molar-refractivity contribution in [3.8, 4) is 11.5 Å². The number of aliphatic hydroxyl groups is 1. The number of nitrogens with one attached hydrogen (secondary N) is 2. The van der Waals surface area contributed by atoms with Crippen LogP contribution in [0.15, 0.2) is 36.4 Å². The zero-order valence-electron chi connectivity index (χ0n) is 18.6. The molecule has 3 aliphatic rings. The Labute approximate surface area is 198 Å². The molecule has 0 radical (unpaired) electrons. The highest BCUT2D eigenvalue weighted by atomic mass is 19.2. The molecule has 7 nitrogen and oxygen atoms in total. The molecule has 5 rings (SSSR count). The van der Waals surface area contributed by atoms with Crippen molar-refractivity contribution in [2.75, 3.05) is 13.2 Å². The first-order chi connectivity index (χ1) is 16.6. The summed E-state index contributed by atoms with van der Waals surface area (Å²) in [5, 5.41) is 16.5. The van der Waals surface area contributed by atoms with Crippen LogP contribution >= 0.6 is 0 Å². The topological polar surface area (TPSA) is 96.9 Å². The van der Waals surface area contributed by atoms with E-state index in [1.807, 2.05) is 0 Å². The van der Waals surface area contributed by atoms with Gasteiger partial charge in [0, 0.05) is 17.7 Å². The average molecular weight is 496 g/mol. The fourth-order valence-electron chi connectivity index (χ4n) is 4.74. The van der Waals surface area contributed by atoms with E-state index in [0.717, 1.165) is 24.3 Å². The summed E-state index contributed by atoms with van der Waals surface area (Å²) >= 11 is 0. The van der Waals surface area contributed by atoms with E-state index in [-0.39, 0.29) is 17.9 Å². The van der Waals surface area contributed by atoms with Gasteiger partial charge in [0.25, 0.3) is 11.8 Å². The van der Waals surface area contributed by atoms with Crippen LogP contribution in [0.5, 0.6) is 11.5 Å². The minimum Gasteiger partial charge on any atom is -0.484 e. The Morgan fingerprint density at radius 2 is 1.29 bits per heavy atom. The second-order valence-electron chi connectivity index (χ2n) is 8.98. The van der Waals surface area contributed by atoms with Crippen molar-refractivity contribution in [3.63, 3.8) is 0 Å². The summed E-state index contributed by atoms with van der Waals surface area (Å²) in [5.74, 6) is -5.21. The molecule has 2 aromatic rings. The Bertz CT molecular complexity index is 1120. The quantitative estimate of drug-likeness (QED) is 0.489. The number of hydrogen-bond acceptors (Lipinski definition) is 5. The largest absolute Gasteiger partial charge is 0.484 e. The fraction of sp³-hybridized carbons (Fsp3) is 0.417. The lowest BCUT2D eigenvalue weighted by molar-refractivity contribution is -0.137. The number of fused-ring (bicyclic) bond motifs is 3. The molecule has 3 aliphatic carbocycles. The number of carbonyl (C=O) groups is 2. The van der Waals surface area contributed by atoms with Gasteiger partial charge in [-0.3, -0.25) is 9.59 Å². The van der Waals surface area contributed by atoms with E-state index in [9.17, 15) is 32.3 Å². The van der Waals surface area contributed by atoms with Crippen LogP contribution in [0.1, 0.15) is 32.1 Å². The maximum Gasteiger partial charge on any atom is 0.258 e. The van der Waals surface area contributed by atoms with Gasteiger partial charge in [0.1, 0.15) is 11.5 Å². The second kappa shape index (κ2) is 9.73. The maximum absolute atomic E-state index is 13.3. The van der Waals surface area contributed by atoms with Gasteiger partial charge in [-0.25, -0.2) is 17.6 Å². The Hall–Kier alpha value is -3.34. The van der Waals surface area contributed by atoms with Gasteiger partial charge in [-0.2, -0.15) is 0 Å². The van der Waals surface area contributed by atoms with Gasteiger partial charge in [-0.1, -0.05) is 0 Å². The molecule has 188 valence electrons. The van der Waals surface area contributed by atoms with Gasteiger partial charge < -0.3 is 25.2 Å². The third-order valence-electron chi connectivity index (χ3n) is 6.64. The van der Waals surface area contributed by atoms with Crippen molar-refractivity contribution >= 4 is 11.8 Å². The van der Waals surface area contributed by atoms with Crippen LogP contribution in [-0.4, -0.2) is 47.3 Å². The number of hydrogen-bond donors (Lipinski definition) is 3. The number of benzene rings is 2. The van der Waals surface area contributed by atoms with E-state index in [0.29, 0.717) is 25.7 Å². The summed E-state index contributed by atoms with van der Waals surface area (Å²) in [6.07, 6.45) is 1.04. The summed E-state index contributed by atoms with van der Waals surface area (Å²) in [7, 11) is 0. The molecular formula is C24H24F4N2O5. The minimum absolute atomic E-state index is 0.00305. The van der Waals surface area contributed by atoms with Crippen LogP contribution in [0.3, 0.4) is 0 Å². The van der Waals surface area contributed by atoms with Crippen molar-refractivity contribution in [2.45, 2.75) is 49.3 Å². The summed E-state index contributed by atoms with van der Waals surface area (Å²) in [4.78, 5) is 24.9. The molecule has 0 spiro atoms. The van der Waals surface area contributed by atoms with Gasteiger partial charge in [-0.15, -0.1) is 0 Å². The third-order valence-corrected chi connectivity index (χ3v) is 6.64. The first-order valence-corrected chi connectivity index (χ1v) is 11.1. The minimum atomic E-state index is -1.09. The molecule has 0 heterocycles. The molecule has 11 heteroatoms. The third kappa shape index (κ3) is 5.50. The van der Waals surface area contributed by atoms with Crippen LogP contribution in [0, 0.1) is 23.3 Å². The number of halogens is 4. The normalized spacial score (nSPS) is 25.1. The van der Waals surface area contributed by atoms with E-state index in [1.54, 1.807) is 0 Å². The fourth-order valence-corrected chi connectivity index (χ4v) is 4.74. The molecule has 0 aliphatic heterocycles. The lowest BCUT2D eigenvalue weighted by atomic mass is 9.60. The first-order valence-electron chi connectivity index (χ1n) is 11.1. The van der Waals surface area contributed by atoms with Gasteiger partial charge in [-0.05, 0) is 56.4 Å². The molecule has 3 saturated carbocycles. The van der Waals surface area contributed by atoms with Crippen LogP contribution in [0.4, 0.5) is 17.6 Å². The van der Waals surface area contributed by atoms with Crippen LogP contribution < -0.4 is 20.1 Å². The van der Waals surface area contributed by atoms with Gasteiger partial charge in [0.2, 0.25) is 0 Å². The Morgan fingerprint density at radius 1 is 0.800 bits per heavy atom. The molecule has 0 aromatic heterocycles. The SMILES string of the molecule is O=C(COc1ccc(F)c(F)c1)NC12CCC(NC(=O)COc3ccc(F)c(F)c3)(CC1)C(O)C2. The predicted octanol–water partition coefficient (Wildman–Crippen LogP) is 2.75. The number of rotatable bonds is 8. The summed E-state index contributed by atoms with van der Waals surface area (Å²) in [5.41, 5.74) is -1.56. The highest BCUT2D eigenvalue weighted by molar-refractivity contribution is 5.79. The highest BCUT2D eigenvalue weighted by Crippen LogP contribution is 2.47. The molecule has 3 fully saturated rings. The second-order valence-corrected chi connectivity index (χ2v) is 8.98. The molecule has 2 aromatic carbocycles. The average Bonchev–Trinajstić information content (AvgIpc) is 2.82. The number of amides is 2. The molecule has 1 atom stereocenters. The predicted molar refractivity (Wildman–Crippen MR) is 115 cm³/mol. The maximum atomic E-state index is 13.3. The number of ether oxygens (including phenoxy) is 2. The zero-order chi connectivity index (χ0) is 25.2. The van der Waals surface area contributed by atoms with Crippen molar-refractivity contribution in [3.05, 3.63) is 59.7 Å².